The van der Waals surface area contributed by atoms with E-state index in [0.717, 1.165) is 19.4 Å². The summed E-state index contributed by atoms with van der Waals surface area (Å²) in [5.74, 6) is 0.840. The van der Waals surface area contributed by atoms with Crippen molar-refractivity contribution in [2.75, 3.05) is 34.4 Å². The Morgan fingerprint density at radius 3 is 2.17 bits per heavy atom. The zero-order valence-electron chi connectivity index (χ0n) is 13.4. The molecule has 1 fully saturated rings. The average Bonchev–Trinajstić information content (AvgIpc) is 2.53. The second kappa shape index (κ2) is 8.58. The van der Waals surface area contributed by atoms with Gasteiger partial charge in [0.1, 0.15) is 17.2 Å². The number of hydrogen-bond donors (Lipinski definition) is 2. The van der Waals surface area contributed by atoms with Gasteiger partial charge in [0.15, 0.2) is 4.90 Å². The van der Waals surface area contributed by atoms with Crippen molar-refractivity contribution in [3.8, 4) is 17.2 Å². The first-order valence-electron chi connectivity index (χ1n) is 7.05. The molecule has 0 amide bonds. The summed E-state index contributed by atoms with van der Waals surface area (Å²) in [4.78, 5) is -0.0103. The number of ether oxygens (including phenoxy) is 3. The van der Waals surface area contributed by atoms with Gasteiger partial charge < -0.3 is 19.5 Å². The van der Waals surface area contributed by atoms with E-state index in [0.29, 0.717) is 12.3 Å². The zero-order valence-corrected chi connectivity index (χ0v) is 15.1. The van der Waals surface area contributed by atoms with E-state index in [-0.39, 0.29) is 34.8 Å². The van der Waals surface area contributed by atoms with Crippen LogP contribution >= 0.6 is 12.4 Å². The molecule has 1 aliphatic rings. The molecule has 132 valence electrons. The summed E-state index contributed by atoms with van der Waals surface area (Å²) in [6.07, 6.45) is 1.73. The van der Waals surface area contributed by atoms with Gasteiger partial charge in [-0.15, -0.1) is 12.4 Å². The molecule has 7 nitrogen and oxygen atoms in total. The quantitative estimate of drug-likeness (QED) is 0.786. The van der Waals surface area contributed by atoms with Crippen LogP contribution < -0.4 is 24.2 Å². The van der Waals surface area contributed by atoms with Crippen molar-refractivity contribution in [1.29, 1.82) is 0 Å². The molecule has 1 unspecified atom stereocenters. The Hall–Kier alpha value is -1.22. The molecule has 1 aromatic rings. The molecule has 0 radical (unpaired) electrons. The summed E-state index contributed by atoms with van der Waals surface area (Å²) < 4.78 is 43.7. The summed E-state index contributed by atoms with van der Waals surface area (Å²) in [5, 5.41) is 3.17. The highest BCUT2D eigenvalue weighted by Crippen LogP contribution is 2.37. The number of methoxy groups -OCH3 is 3. The second-order valence-electron chi connectivity index (χ2n) is 5.03. The van der Waals surface area contributed by atoms with Crippen LogP contribution in [0, 0.1) is 0 Å². The van der Waals surface area contributed by atoms with Crippen molar-refractivity contribution in [3.05, 3.63) is 12.1 Å². The molecule has 23 heavy (non-hydrogen) atoms. The fraction of sp³-hybridized carbons (Fsp3) is 0.571. The Kier molecular flexibility index (Phi) is 7.40. The molecule has 1 saturated heterocycles. The van der Waals surface area contributed by atoms with Crippen LogP contribution in [0.2, 0.25) is 0 Å². The normalized spacial score (nSPS) is 18.0. The molecule has 2 rings (SSSR count). The van der Waals surface area contributed by atoms with E-state index in [1.807, 2.05) is 0 Å². The van der Waals surface area contributed by atoms with E-state index in [1.165, 1.54) is 33.5 Å². The minimum Gasteiger partial charge on any atom is -0.496 e. The lowest BCUT2D eigenvalue weighted by atomic mass is 10.1. The standard InChI is InChI=1S/C14H22N2O5S.ClH/c1-19-11-7-12(20-2)14(13(8-11)21-3)22(17,18)16-10-5-4-6-15-9-10;/h7-8,10,15-16H,4-6,9H2,1-3H3;1H. The van der Waals surface area contributed by atoms with E-state index >= 15 is 0 Å². The van der Waals surface area contributed by atoms with Crippen molar-refractivity contribution in [2.24, 2.45) is 0 Å². The maximum atomic E-state index is 12.7. The lowest BCUT2D eigenvalue weighted by Crippen LogP contribution is -2.45. The molecule has 9 heteroatoms. The van der Waals surface area contributed by atoms with Crippen molar-refractivity contribution in [2.45, 2.75) is 23.8 Å². The Morgan fingerprint density at radius 1 is 1.13 bits per heavy atom. The predicted octanol–water partition coefficient (Wildman–Crippen LogP) is 1.16. The van der Waals surface area contributed by atoms with Crippen LogP contribution in [0.4, 0.5) is 0 Å². The van der Waals surface area contributed by atoms with Crippen LogP contribution in [0.5, 0.6) is 17.2 Å². The first-order chi connectivity index (χ1) is 10.5. The highest BCUT2D eigenvalue weighted by Gasteiger charge is 2.29. The first-order valence-corrected chi connectivity index (χ1v) is 8.53. The molecule has 0 bridgehead atoms. The summed E-state index contributed by atoms with van der Waals surface area (Å²) >= 11 is 0. The molecular weight excluding hydrogens is 344 g/mol. The van der Waals surface area contributed by atoms with Crippen molar-refractivity contribution in [3.63, 3.8) is 0 Å². The third kappa shape index (κ3) is 4.63. The van der Waals surface area contributed by atoms with Crippen LogP contribution in [-0.4, -0.2) is 48.9 Å². The van der Waals surface area contributed by atoms with E-state index in [1.54, 1.807) is 0 Å². The molecule has 1 heterocycles. The third-order valence-electron chi connectivity index (χ3n) is 3.56. The topological polar surface area (TPSA) is 85.9 Å². The van der Waals surface area contributed by atoms with Gasteiger partial charge in [0.2, 0.25) is 10.0 Å². The highest BCUT2D eigenvalue weighted by molar-refractivity contribution is 7.89. The van der Waals surface area contributed by atoms with E-state index in [2.05, 4.69) is 10.0 Å². The first kappa shape index (κ1) is 19.8. The molecule has 0 spiro atoms. The van der Waals surface area contributed by atoms with Crippen LogP contribution in [0.3, 0.4) is 0 Å². The number of piperidine rings is 1. The molecule has 0 aliphatic carbocycles. The number of nitrogens with one attached hydrogen (secondary N) is 2. The highest BCUT2D eigenvalue weighted by atomic mass is 35.5. The Bertz CT molecular complexity index is 593. The molecule has 0 aromatic heterocycles. The Morgan fingerprint density at radius 2 is 1.74 bits per heavy atom. The third-order valence-corrected chi connectivity index (χ3v) is 5.14. The van der Waals surface area contributed by atoms with E-state index in [4.69, 9.17) is 14.2 Å². The Balaban J connectivity index is 0.00000264. The lowest BCUT2D eigenvalue weighted by molar-refractivity contribution is 0.357. The minimum absolute atomic E-state index is 0. The lowest BCUT2D eigenvalue weighted by Gasteiger charge is -2.24. The fourth-order valence-electron chi connectivity index (χ4n) is 2.47. The van der Waals surface area contributed by atoms with Gasteiger partial charge in [-0.05, 0) is 19.4 Å². The molecular formula is C14H23ClN2O5S. The summed E-state index contributed by atoms with van der Waals surface area (Å²) in [5.41, 5.74) is 0. The van der Waals surface area contributed by atoms with Gasteiger partial charge in [-0.1, -0.05) is 0 Å². The van der Waals surface area contributed by atoms with Gasteiger partial charge in [0.25, 0.3) is 0 Å². The van der Waals surface area contributed by atoms with Crippen LogP contribution in [0.15, 0.2) is 17.0 Å². The van der Waals surface area contributed by atoms with Crippen LogP contribution in [-0.2, 0) is 10.0 Å². The number of sulfonamides is 1. The monoisotopic (exact) mass is 366 g/mol. The largest absolute Gasteiger partial charge is 0.496 e. The molecule has 0 saturated carbocycles. The second-order valence-corrected chi connectivity index (χ2v) is 6.68. The number of hydrogen-bond acceptors (Lipinski definition) is 6. The average molecular weight is 367 g/mol. The number of rotatable bonds is 6. The molecule has 1 aromatic carbocycles. The van der Waals surface area contributed by atoms with Gasteiger partial charge in [-0.3, -0.25) is 0 Å². The van der Waals surface area contributed by atoms with Gasteiger partial charge >= 0.3 is 0 Å². The van der Waals surface area contributed by atoms with E-state index in [9.17, 15) is 8.42 Å². The molecule has 2 N–H and O–H groups in total. The van der Waals surface area contributed by atoms with E-state index < -0.39 is 10.0 Å². The summed E-state index contributed by atoms with van der Waals surface area (Å²) in [6, 6.07) is 2.90. The maximum Gasteiger partial charge on any atom is 0.248 e. The summed E-state index contributed by atoms with van der Waals surface area (Å²) in [7, 11) is 0.553. The smallest absolute Gasteiger partial charge is 0.248 e. The molecule has 1 atom stereocenters. The fourth-order valence-corrected chi connectivity index (χ4v) is 4.04. The van der Waals surface area contributed by atoms with Crippen LogP contribution in [0.25, 0.3) is 0 Å². The maximum absolute atomic E-state index is 12.7. The minimum atomic E-state index is -3.77. The van der Waals surface area contributed by atoms with Gasteiger partial charge in [0, 0.05) is 24.7 Å². The van der Waals surface area contributed by atoms with Crippen molar-refractivity contribution >= 4 is 22.4 Å². The van der Waals surface area contributed by atoms with Gasteiger partial charge in [-0.2, -0.15) is 0 Å². The van der Waals surface area contributed by atoms with Crippen molar-refractivity contribution < 1.29 is 22.6 Å². The number of halogens is 1. The Labute approximate surface area is 143 Å². The number of benzene rings is 1. The van der Waals surface area contributed by atoms with Crippen molar-refractivity contribution in [1.82, 2.24) is 10.0 Å². The SMILES string of the molecule is COc1cc(OC)c(S(=O)(=O)NC2CCCNC2)c(OC)c1.Cl. The van der Waals surface area contributed by atoms with Gasteiger partial charge in [0.05, 0.1) is 21.3 Å². The van der Waals surface area contributed by atoms with Crippen LogP contribution in [0.1, 0.15) is 12.8 Å². The zero-order chi connectivity index (χ0) is 16.2. The predicted molar refractivity (Wildman–Crippen MR) is 89.6 cm³/mol. The summed E-state index contributed by atoms with van der Waals surface area (Å²) in [6.45, 7) is 1.52. The van der Waals surface area contributed by atoms with Gasteiger partial charge in [-0.25, -0.2) is 13.1 Å². The molecule has 1 aliphatic heterocycles.